The number of aliphatic hydroxyl groups excluding tert-OH is 3. The summed E-state index contributed by atoms with van der Waals surface area (Å²) in [6.45, 7) is 0. The molecule has 1 heterocycles. The molecule has 0 aromatic rings. The summed E-state index contributed by atoms with van der Waals surface area (Å²) in [7, 11) is 0. The van der Waals surface area contributed by atoms with Crippen molar-refractivity contribution in [3.8, 4) is 0 Å². The van der Waals surface area contributed by atoms with E-state index in [1.807, 2.05) is 0 Å². The van der Waals surface area contributed by atoms with Gasteiger partial charge in [-0.1, -0.05) is 0 Å². The van der Waals surface area contributed by atoms with Gasteiger partial charge in [0.15, 0.2) is 12.4 Å². The van der Waals surface area contributed by atoms with E-state index < -0.39 is 30.6 Å². The Morgan fingerprint density at radius 1 is 1.25 bits per heavy atom. The third kappa shape index (κ3) is 1.72. The number of carboxylic acids is 1. The summed E-state index contributed by atoms with van der Waals surface area (Å²) in [5.74, 6) is -1.35. The van der Waals surface area contributed by atoms with Crippen molar-refractivity contribution in [1.29, 1.82) is 0 Å². The van der Waals surface area contributed by atoms with E-state index in [2.05, 4.69) is 4.74 Å². The Morgan fingerprint density at radius 3 is 2.33 bits per heavy atom. The van der Waals surface area contributed by atoms with Crippen molar-refractivity contribution in [2.24, 2.45) is 0 Å². The Hall–Kier alpha value is -0.690. The largest absolute Gasteiger partial charge is 0.479 e. The highest BCUT2D eigenvalue weighted by molar-refractivity contribution is 5.73. The first-order chi connectivity index (χ1) is 5.52. The van der Waals surface area contributed by atoms with Crippen LogP contribution in [0.1, 0.15) is 6.42 Å². The number of rotatable bonds is 1. The van der Waals surface area contributed by atoms with Gasteiger partial charge in [0.05, 0.1) is 6.10 Å². The molecule has 1 fully saturated rings. The molecule has 0 spiro atoms. The number of ether oxygens (including phenoxy) is 1. The smallest absolute Gasteiger partial charge is 0.335 e. The third-order valence-electron chi connectivity index (χ3n) is 1.69. The molecule has 1 aliphatic rings. The Labute approximate surface area is 68.0 Å². The monoisotopic (exact) mass is 178 g/mol. The number of carboxylic acid groups (broad SMARTS) is 1. The molecule has 1 rings (SSSR count). The van der Waals surface area contributed by atoms with Gasteiger partial charge in [0.1, 0.15) is 6.10 Å². The summed E-state index contributed by atoms with van der Waals surface area (Å²) >= 11 is 0. The predicted molar refractivity (Wildman–Crippen MR) is 35.1 cm³/mol. The molecule has 0 saturated carbocycles. The zero-order valence-electron chi connectivity index (χ0n) is 6.12. The number of carbonyl (C=O) groups is 1. The average Bonchev–Trinajstić information content (AvgIpc) is 1.96. The fourth-order valence-electron chi connectivity index (χ4n) is 1.04. The van der Waals surface area contributed by atoms with Gasteiger partial charge in [0, 0.05) is 6.42 Å². The van der Waals surface area contributed by atoms with Crippen molar-refractivity contribution in [2.45, 2.75) is 31.0 Å². The lowest BCUT2D eigenvalue weighted by atomic mass is 10.0. The number of hydrogen-bond acceptors (Lipinski definition) is 5. The minimum atomic E-state index is -1.53. The van der Waals surface area contributed by atoms with E-state index in [9.17, 15) is 4.79 Å². The molecule has 0 aromatic carbocycles. The molecule has 0 aromatic heterocycles. The van der Waals surface area contributed by atoms with E-state index in [4.69, 9.17) is 20.4 Å². The molecular formula is C6H10O6. The molecular weight excluding hydrogens is 168 g/mol. The molecule has 1 saturated heterocycles. The summed E-state index contributed by atoms with van der Waals surface area (Å²) < 4.78 is 4.43. The molecule has 6 nitrogen and oxygen atoms in total. The minimum Gasteiger partial charge on any atom is -0.479 e. The molecule has 4 N–H and O–H groups in total. The van der Waals surface area contributed by atoms with Crippen molar-refractivity contribution < 1.29 is 30.0 Å². The molecule has 0 bridgehead atoms. The van der Waals surface area contributed by atoms with Gasteiger partial charge in [-0.3, -0.25) is 0 Å². The molecule has 4 atom stereocenters. The highest BCUT2D eigenvalue weighted by Gasteiger charge is 2.39. The summed E-state index contributed by atoms with van der Waals surface area (Å²) in [5.41, 5.74) is 0. The third-order valence-corrected chi connectivity index (χ3v) is 1.69. The van der Waals surface area contributed by atoms with Gasteiger partial charge in [-0.05, 0) is 0 Å². The maximum atomic E-state index is 10.3. The first-order valence-corrected chi connectivity index (χ1v) is 3.45. The molecule has 0 aliphatic carbocycles. The van der Waals surface area contributed by atoms with Gasteiger partial charge in [0.25, 0.3) is 0 Å². The fourth-order valence-corrected chi connectivity index (χ4v) is 1.04. The van der Waals surface area contributed by atoms with Crippen molar-refractivity contribution in [3.05, 3.63) is 0 Å². The molecule has 70 valence electrons. The minimum absolute atomic E-state index is 0.196. The van der Waals surface area contributed by atoms with E-state index in [0.29, 0.717) is 0 Å². The second-order valence-electron chi connectivity index (χ2n) is 2.66. The van der Waals surface area contributed by atoms with Crippen LogP contribution in [0.15, 0.2) is 0 Å². The van der Waals surface area contributed by atoms with Crippen LogP contribution in [0.4, 0.5) is 0 Å². The van der Waals surface area contributed by atoms with Crippen LogP contribution in [-0.4, -0.2) is 51.0 Å². The van der Waals surface area contributed by atoms with Crippen LogP contribution in [0, 0.1) is 0 Å². The highest BCUT2D eigenvalue weighted by Crippen LogP contribution is 2.18. The van der Waals surface area contributed by atoms with Gasteiger partial charge < -0.3 is 25.2 Å². The Kier molecular flexibility index (Phi) is 2.63. The summed E-state index contributed by atoms with van der Waals surface area (Å²) in [6.07, 6.45) is -5.69. The lowest BCUT2D eigenvalue weighted by Crippen LogP contribution is -2.50. The average molecular weight is 178 g/mol. The quantitative estimate of drug-likeness (QED) is 0.366. The topological polar surface area (TPSA) is 107 Å². The maximum Gasteiger partial charge on any atom is 0.335 e. The first kappa shape index (κ1) is 9.40. The predicted octanol–water partition coefficient (Wildman–Crippen LogP) is -2.10. The van der Waals surface area contributed by atoms with Crippen molar-refractivity contribution in [3.63, 3.8) is 0 Å². The van der Waals surface area contributed by atoms with Crippen molar-refractivity contribution in [2.75, 3.05) is 0 Å². The number of aliphatic hydroxyl groups is 3. The van der Waals surface area contributed by atoms with Gasteiger partial charge in [0.2, 0.25) is 0 Å². The van der Waals surface area contributed by atoms with E-state index in [1.54, 1.807) is 0 Å². The van der Waals surface area contributed by atoms with Gasteiger partial charge in [-0.2, -0.15) is 0 Å². The highest BCUT2D eigenvalue weighted by atomic mass is 16.6. The molecule has 12 heavy (non-hydrogen) atoms. The lowest BCUT2D eigenvalue weighted by Gasteiger charge is -2.31. The molecule has 1 aliphatic heterocycles. The van der Waals surface area contributed by atoms with Crippen LogP contribution in [0.3, 0.4) is 0 Å². The second kappa shape index (κ2) is 3.36. The van der Waals surface area contributed by atoms with E-state index >= 15 is 0 Å². The standard InChI is InChI=1S/C6H10O6/c7-2-1-3(8)6(11)12-4(2)5(9)10/h2-4,6-8,11H,1H2,(H,9,10)/t2-,3+,4-,6?/m0/s1. The van der Waals surface area contributed by atoms with Crippen molar-refractivity contribution in [1.82, 2.24) is 0 Å². The maximum absolute atomic E-state index is 10.3. The van der Waals surface area contributed by atoms with Crippen LogP contribution in [0.5, 0.6) is 0 Å². The lowest BCUT2D eigenvalue weighted by molar-refractivity contribution is -0.247. The van der Waals surface area contributed by atoms with Crippen LogP contribution < -0.4 is 0 Å². The zero-order chi connectivity index (χ0) is 9.30. The molecule has 1 unspecified atom stereocenters. The number of hydrogen-bond donors (Lipinski definition) is 4. The fraction of sp³-hybridized carbons (Fsp3) is 0.833. The molecule has 0 radical (unpaired) electrons. The molecule has 0 amide bonds. The SMILES string of the molecule is O=C(O)[C@H]1OC(O)[C@H](O)C[C@@H]1O. The van der Waals surface area contributed by atoms with Crippen molar-refractivity contribution >= 4 is 5.97 Å². The Bertz CT molecular complexity index is 181. The van der Waals surface area contributed by atoms with E-state index in [-0.39, 0.29) is 6.42 Å². The Balaban J connectivity index is 2.61. The van der Waals surface area contributed by atoms with E-state index in [0.717, 1.165) is 0 Å². The van der Waals surface area contributed by atoms with Gasteiger partial charge >= 0.3 is 5.97 Å². The summed E-state index contributed by atoms with van der Waals surface area (Å²) in [6, 6.07) is 0. The van der Waals surface area contributed by atoms with Crippen LogP contribution >= 0.6 is 0 Å². The van der Waals surface area contributed by atoms with Crippen LogP contribution in [-0.2, 0) is 9.53 Å². The first-order valence-electron chi connectivity index (χ1n) is 3.45. The molecule has 6 heteroatoms. The number of aliphatic carboxylic acids is 1. The van der Waals surface area contributed by atoms with E-state index in [1.165, 1.54) is 0 Å². The summed E-state index contributed by atoms with van der Waals surface area (Å²) in [4.78, 5) is 10.3. The summed E-state index contributed by atoms with van der Waals surface area (Å²) in [5, 5.41) is 35.3. The van der Waals surface area contributed by atoms with Gasteiger partial charge in [-0.25, -0.2) is 4.79 Å². The van der Waals surface area contributed by atoms with Crippen LogP contribution in [0.2, 0.25) is 0 Å². The van der Waals surface area contributed by atoms with Crippen LogP contribution in [0.25, 0.3) is 0 Å². The zero-order valence-corrected chi connectivity index (χ0v) is 6.12. The Morgan fingerprint density at radius 2 is 1.83 bits per heavy atom. The normalized spacial score (nSPS) is 42.6. The second-order valence-corrected chi connectivity index (χ2v) is 2.66. The van der Waals surface area contributed by atoms with Gasteiger partial charge in [-0.15, -0.1) is 0 Å².